The van der Waals surface area contributed by atoms with Crippen LogP contribution in [0, 0.1) is 0 Å². The Kier molecular flexibility index (Phi) is 5.27. The lowest BCUT2D eigenvalue weighted by atomic mass is 10.1. The maximum atomic E-state index is 12.0. The van der Waals surface area contributed by atoms with Crippen LogP contribution in [-0.2, 0) is 10.0 Å². The van der Waals surface area contributed by atoms with Gasteiger partial charge in [0.05, 0.1) is 17.3 Å². The number of amides is 1. The number of fused-ring (bicyclic) bond motifs is 1. The van der Waals surface area contributed by atoms with E-state index in [-0.39, 0.29) is 5.56 Å². The number of pyridine rings is 1. The fourth-order valence-corrected chi connectivity index (χ4v) is 3.89. The Bertz CT molecular complexity index is 1360. The summed E-state index contributed by atoms with van der Waals surface area (Å²) in [4.78, 5) is 16.4. The standard InChI is InChI=1S/C21H15Cl2N3O3S/c1-30(28,29)25-21(27)14-4-9-20(24-11-14)26-12-18(13-2-5-15(22)6-3-13)17-10-16(23)7-8-19(17)26/h2-12H,1H3,(H,25,27). The van der Waals surface area contributed by atoms with Crippen LogP contribution in [0.15, 0.2) is 67.0 Å². The van der Waals surface area contributed by atoms with Gasteiger partial charge in [-0.15, -0.1) is 0 Å². The zero-order valence-corrected chi connectivity index (χ0v) is 18.0. The van der Waals surface area contributed by atoms with E-state index in [1.165, 1.54) is 12.3 Å². The number of rotatable bonds is 4. The molecule has 2 heterocycles. The summed E-state index contributed by atoms with van der Waals surface area (Å²) in [6, 6.07) is 16.2. The van der Waals surface area contributed by atoms with Gasteiger partial charge >= 0.3 is 0 Å². The van der Waals surface area contributed by atoms with Gasteiger partial charge < -0.3 is 4.57 Å². The van der Waals surface area contributed by atoms with E-state index in [9.17, 15) is 13.2 Å². The van der Waals surface area contributed by atoms with Crippen molar-refractivity contribution in [2.75, 3.05) is 6.26 Å². The first-order valence-corrected chi connectivity index (χ1v) is 11.4. The highest BCUT2D eigenvalue weighted by molar-refractivity contribution is 7.89. The van der Waals surface area contributed by atoms with Gasteiger partial charge in [-0.2, -0.15) is 0 Å². The van der Waals surface area contributed by atoms with Gasteiger partial charge in [-0.05, 0) is 48.0 Å². The summed E-state index contributed by atoms with van der Waals surface area (Å²) in [5.74, 6) is -0.166. The lowest BCUT2D eigenvalue weighted by Crippen LogP contribution is -2.29. The van der Waals surface area contributed by atoms with Gasteiger partial charge in [0.2, 0.25) is 10.0 Å². The number of hydrogen-bond donors (Lipinski definition) is 1. The number of nitrogens with zero attached hydrogens (tertiary/aromatic N) is 2. The molecule has 1 amide bonds. The molecule has 1 N–H and O–H groups in total. The van der Waals surface area contributed by atoms with Gasteiger partial charge in [0.1, 0.15) is 5.82 Å². The molecule has 0 saturated carbocycles. The minimum atomic E-state index is -3.65. The number of sulfonamides is 1. The average molecular weight is 460 g/mol. The molecule has 0 unspecified atom stereocenters. The third-order valence-electron chi connectivity index (χ3n) is 4.46. The molecule has 2 aromatic carbocycles. The summed E-state index contributed by atoms with van der Waals surface area (Å²) in [6.45, 7) is 0. The van der Waals surface area contributed by atoms with Gasteiger partial charge in [0.15, 0.2) is 0 Å². The Balaban J connectivity index is 1.79. The van der Waals surface area contributed by atoms with E-state index >= 15 is 0 Å². The first kappa shape index (κ1) is 20.4. The molecule has 0 aliphatic rings. The van der Waals surface area contributed by atoms with Gasteiger partial charge in [-0.25, -0.2) is 18.1 Å². The van der Waals surface area contributed by atoms with Gasteiger partial charge in [-0.1, -0.05) is 35.3 Å². The van der Waals surface area contributed by atoms with Crippen molar-refractivity contribution < 1.29 is 13.2 Å². The van der Waals surface area contributed by atoms with Gasteiger partial charge in [-0.3, -0.25) is 4.79 Å². The first-order valence-electron chi connectivity index (χ1n) is 8.76. The minimum Gasteiger partial charge on any atom is -0.301 e. The zero-order chi connectivity index (χ0) is 21.5. The molecule has 2 aromatic heterocycles. The van der Waals surface area contributed by atoms with Gasteiger partial charge in [0.25, 0.3) is 5.91 Å². The summed E-state index contributed by atoms with van der Waals surface area (Å²) >= 11 is 12.2. The maximum Gasteiger partial charge on any atom is 0.266 e. The fourth-order valence-electron chi connectivity index (χ4n) is 3.14. The summed E-state index contributed by atoms with van der Waals surface area (Å²) < 4.78 is 26.3. The molecule has 6 nitrogen and oxygen atoms in total. The molecule has 0 saturated heterocycles. The van der Waals surface area contributed by atoms with E-state index in [2.05, 4.69) is 4.98 Å². The first-order chi connectivity index (χ1) is 14.2. The minimum absolute atomic E-state index is 0.140. The SMILES string of the molecule is CS(=O)(=O)NC(=O)c1ccc(-n2cc(-c3ccc(Cl)cc3)c3cc(Cl)ccc32)nc1. The summed E-state index contributed by atoms with van der Waals surface area (Å²) in [5, 5.41) is 2.19. The van der Waals surface area contributed by atoms with E-state index < -0.39 is 15.9 Å². The predicted molar refractivity (Wildman–Crippen MR) is 119 cm³/mol. The van der Waals surface area contributed by atoms with Crippen molar-refractivity contribution >= 4 is 50.0 Å². The number of hydrogen-bond acceptors (Lipinski definition) is 4. The number of carbonyl (C=O) groups is 1. The van der Waals surface area contributed by atoms with Crippen LogP contribution in [0.5, 0.6) is 0 Å². The molecule has 4 rings (SSSR count). The van der Waals surface area contributed by atoms with Crippen molar-refractivity contribution in [3.63, 3.8) is 0 Å². The molecule has 4 aromatic rings. The second-order valence-electron chi connectivity index (χ2n) is 6.69. The number of halogens is 2. The highest BCUT2D eigenvalue weighted by atomic mass is 35.5. The number of nitrogens with one attached hydrogen (secondary N) is 1. The molecule has 0 fully saturated rings. The van der Waals surface area contributed by atoms with Crippen LogP contribution < -0.4 is 4.72 Å². The Morgan fingerprint density at radius 2 is 1.70 bits per heavy atom. The van der Waals surface area contributed by atoms with Crippen molar-refractivity contribution in [1.29, 1.82) is 0 Å². The van der Waals surface area contributed by atoms with Crippen LogP contribution >= 0.6 is 23.2 Å². The van der Waals surface area contributed by atoms with Crippen LogP contribution in [0.4, 0.5) is 0 Å². The molecule has 9 heteroatoms. The smallest absolute Gasteiger partial charge is 0.266 e. The monoisotopic (exact) mass is 459 g/mol. The van der Waals surface area contributed by atoms with E-state index in [1.807, 2.05) is 51.9 Å². The highest BCUT2D eigenvalue weighted by Crippen LogP contribution is 2.34. The van der Waals surface area contributed by atoms with E-state index in [4.69, 9.17) is 23.2 Å². The highest BCUT2D eigenvalue weighted by Gasteiger charge is 2.15. The third-order valence-corrected chi connectivity index (χ3v) is 5.50. The Morgan fingerprint density at radius 3 is 2.33 bits per heavy atom. The molecule has 0 aliphatic carbocycles. The molecule has 0 aliphatic heterocycles. The zero-order valence-electron chi connectivity index (χ0n) is 15.6. The van der Waals surface area contributed by atoms with E-state index in [1.54, 1.807) is 12.1 Å². The van der Waals surface area contributed by atoms with Crippen LogP contribution in [0.2, 0.25) is 10.0 Å². The summed E-state index contributed by atoms with van der Waals surface area (Å²) in [5.41, 5.74) is 2.94. The Labute approximate surface area is 183 Å². The normalized spacial score (nSPS) is 11.6. The van der Waals surface area contributed by atoms with Crippen LogP contribution in [0.1, 0.15) is 10.4 Å². The molecule has 152 valence electrons. The molecule has 0 spiro atoms. The average Bonchev–Trinajstić information content (AvgIpc) is 3.06. The van der Waals surface area contributed by atoms with E-state index in [0.29, 0.717) is 15.9 Å². The molecule has 0 radical (unpaired) electrons. The Morgan fingerprint density at radius 1 is 1.00 bits per heavy atom. The number of aromatic nitrogens is 2. The quantitative estimate of drug-likeness (QED) is 0.479. The molecular formula is C21H15Cl2N3O3S. The van der Waals surface area contributed by atoms with Crippen molar-refractivity contribution in [3.8, 4) is 16.9 Å². The molecule has 0 bridgehead atoms. The van der Waals surface area contributed by atoms with Crippen LogP contribution in [0.3, 0.4) is 0 Å². The summed E-state index contributed by atoms with van der Waals surface area (Å²) in [6.07, 6.45) is 4.18. The second-order valence-corrected chi connectivity index (χ2v) is 9.31. The second kappa shape index (κ2) is 7.75. The van der Waals surface area contributed by atoms with Crippen molar-refractivity contribution in [2.45, 2.75) is 0 Å². The van der Waals surface area contributed by atoms with Crippen molar-refractivity contribution in [2.24, 2.45) is 0 Å². The largest absolute Gasteiger partial charge is 0.301 e. The van der Waals surface area contributed by atoms with Crippen molar-refractivity contribution in [1.82, 2.24) is 14.3 Å². The predicted octanol–water partition coefficient (Wildman–Crippen LogP) is 4.69. The van der Waals surface area contributed by atoms with E-state index in [0.717, 1.165) is 28.3 Å². The molecule has 0 atom stereocenters. The van der Waals surface area contributed by atoms with Gasteiger partial charge in [0, 0.05) is 33.4 Å². The summed E-state index contributed by atoms with van der Waals surface area (Å²) in [7, 11) is -3.65. The topological polar surface area (TPSA) is 81.1 Å². The Hall–Kier alpha value is -2.87. The lowest BCUT2D eigenvalue weighted by molar-refractivity contribution is 0.0981. The van der Waals surface area contributed by atoms with Crippen molar-refractivity contribution in [3.05, 3.63) is 82.6 Å². The lowest BCUT2D eigenvalue weighted by Gasteiger charge is -2.06. The third kappa shape index (κ3) is 4.18. The van der Waals surface area contributed by atoms with Crippen LogP contribution in [0.25, 0.3) is 27.8 Å². The maximum absolute atomic E-state index is 12.0. The molecule has 30 heavy (non-hydrogen) atoms. The fraction of sp³-hybridized carbons (Fsp3) is 0.0476. The number of carbonyl (C=O) groups excluding carboxylic acids is 1. The number of benzene rings is 2. The van der Waals surface area contributed by atoms with Crippen LogP contribution in [-0.4, -0.2) is 30.1 Å². The molecular weight excluding hydrogens is 445 g/mol.